The predicted octanol–water partition coefficient (Wildman–Crippen LogP) is 2.54. The summed E-state index contributed by atoms with van der Waals surface area (Å²) in [6.45, 7) is 6.93. The molecule has 104 valence electrons. The van der Waals surface area contributed by atoms with E-state index in [9.17, 15) is 9.90 Å². The SMILES string of the molecule is Cc1cc(C)cc(C(=O)N2CCCC(C)C2CO)c1. The number of nitrogens with zero attached hydrogens (tertiary/aromatic N) is 1. The monoisotopic (exact) mass is 261 g/mol. The van der Waals surface area contributed by atoms with Gasteiger partial charge in [0.15, 0.2) is 0 Å². The van der Waals surface area contributed by atoms with Gasteiger partial charge in [0.25, 0.3) is 5.91 Å². The van der Waals surface area contributed by atoms with Crippen molar-refractivity contribution in [2.45, 2.75) is 39.7 Å². The fourth-order valence-corrected chi connectivity index (χ4v) is 3.04. The zero-order valence-corrected chi connectivity index (χ0v) is 12.0. The van der Waals surface area contributed by atoms with Crippen LogP contribution in [0.2, 0.25) is 0 Å². The van der Waals surface area contributed by atoms with Crippen LogP contribution in [-0.2, 0) is 0 Å². The number of aliphatic hydroxyl groups excluding tert-OH is 1. The summed E-state index contributed by atoms with van der Waals surface area (Å²) >= 11 is 0. The van der Waals surface area contributed by atoms with Gasteiger partial charge in [-0.1, -0.05) is 24.1 Å². The average molecular weight is 261 g/mol. The normalized spacial score (nSPS) is 23.5. The molecule has 2 atom stereocenters. The smallest absolute Gasteiger partial charge is 0.254 e. The average Bonchev–Trinajstić information content (AvgIpc) is 2.36. The number of rotatable bonds is 2. The van der Waals surface area contributed by atoms with E-state index in [1.807, 2.05) is 30.9 Å². The molecule has 2 unspecified atom stereocenters. The lowest BCUT2D eigenvalue weighted by atomic mass is 9.90. The molecule has 1 saturated heterocycles. The highest BCUT2D eigenvalue weighted by molar-refractivity contribution is 5.95. The van der Waals surface area contributed by atoms with Crippen LogP contribution in [0.25, 0.3) is 0 Å². The highest BCUT2D eigenvalue weighted by atomic mass is 16.3. The first-order valence-corrected chi connectivity index (χ1v) is 7.03. The summed E-state index contributed by atoms with van der Waals surface area (Å²) in [6.07, 6.45) is 2.11. The van der Waals surface area contributed by atoms with E-state index in [1.165, 1.54) is 0 Å². The van der Waals surface area contributed by atoms with Gasteiger partial charge in [0, 0.05) is 12.1 Å². The number of hydrogen-bond donors (Lipinski definition) is 1. The maximum absolute atomic E-state index is 12.6. The number of carbonyl (C=O) groups excluding carboxylic acids is 1. The molecule has 0 saturated carbocycles. The number of likely N-dealkylation sites (tertiary alicyclic amines) is 1. The van der Waals surface area contributed by atoms with Crippen LogP contribution in [0.5, 0.6) is 0 Å². The van der Waals surface area contributed by atoms with Crippen molar-refractivity contribution in [3.8, 4) is 0 Å². The van der Waals surface area contributed by atoms with Crippen molar-refractivity contribution in [3.05, 3.63) is 34.9 Å². The molecule has 1 N–H and O–H groups in total. The summed E-state index contributed by atoms with van der Waals surface area (Å²) in [5.41, 5.74) is 2.95. The van der Waals surface area contributed by atoms with E-state index >= 15 is 0 Å². The number of benzene rings is 1. The highest BCUT2D eigenvalue weighted by Crippen LogP contribution is 2.25. The van der Waals surface area contributed by atoms with Crippen molar-refractivity contribution < 1.29 is 9.90 Å². The van der Waals surface area contributed by atoms with Crippen molar-refractivity contribution in [2.24, 2.45) is 5.92 Å². The first kappa shape index (κ1) is 14.1. The van der Waals surface area contributed by atoms with Crippen LogP contribution < -0.4 is 0 Å². The zero-order valence-electron chi connectivity index (χ0n) is 12.0. The standard InChI is InChI=1S/C16H23NO2/c1-11-7-12(2)9-14(8-11)16(19)17-6-4-5-13(3)15(17)10-18/h7-9,13,15,18H,4-6,10H2,1-3H3. The van der Waals surface area contributed by atoms with E-state index in [1.54, 1.807) is 0 Å². The van der Waals surface area contributed by atoms with Gasteiger partial charge in [-0.3, -0.25) is 4.79 Å². The molecule has 3 heteroatoms. The van der Waals surface area contributed by atoms with Crippen LogP contribution in [-0.4, -0.2) is 35.1 Å². The van der Waals surface area contributed by atoms with Gasteiger partial charge in [0.05, 0.1) is 12.6 Å². The molecular formula is C16H23NO2. The molecule has 0 aliphatic carbocycles. The van der Waals surface area contributed by atoms with E-state index in [0.717, 1.165) is 36.1 Å². The maximum Gasteiger partial charge on any atom is 0.254 e. The van der Waals surface area contributed by atoms with Gasteiger partial charge >= 0.3 is 0 Å². The summed E-state index contributed by atoms with van der Waals surface area (Å²) in [5, 5.41) is 9.54. The second kappa shape index (κ2) is 5.74. The molecule has 1 amide bonds. The molecule has 0 aromatic heterocycles. The molecule has 19 heavy (non-hydrogen) atoms. The lowest BCUT2D eigenvalue weighted by Crippen LogP contribution is -2.49. The van der Waals surface area contributed by atoms with Crippen LogP contribution in [0, 0.1) is 19.8 Å². The summed E-state index contributed by atoms with van der Waals surface area (Å²) in [7, 11) is 0. The van der Waals surface area contributed by atoms with E-state index in [2.05, 4.69) is 13.0 Å². The van der Waals surface area contributed by atoms with Gasteiger partial charge in [-0.2, -0.15) is 0 Å². The number of piperidine rings is 1. The third-order valence-corrected chi connectivity index (χ3v) is 4.03. The molecule has 0 bridgehead atoms. The molecule has 2 rings (SSSR count). The fourth-order valence-electron chi connectivity index (χ4n) is 3.04. The highest BCUT2D eigenvalue weighted by Gasteiger charge is 2.31. The molecule has 1 aromatic rings. The van der Waals surface area contributed by atoms with Crippen LogP contribution >= 0.6 is 0 Å². The summed E-state index contributed by atoms with van der Waals surface area (Å²) in [6, 6.07) is 5.90. The zero-order chi connectivity index (χ0) is 14.0. The van der Waals surface area contributed by atoms with E-state index in [4.69, 9.17) is 0 Å². The Hall–Kier alpha value is -1.35. The van der Waals surface area contributed by atoms with Crippen molar-refractivity contribution in [1.82, 2.24) is 4.90 Å². The van der Waals surface area contributed by atoms with Gasteiger partial charge < -0.3 is 10.0 Å². The lowest BCUT2D eigenvalue weighted by molar-refractivity contribution is 0.0358. The van der Waals surface area contributed by atoms with Crippen molar-refractivity contribution in [2.75, 3.05) is 13.2 Å². The Morgan fingerprint density at radius 1 is 1.32 bits per heavy atom. The van der Waals surface area contributed by atoms with Crippen LogP contribution in [0.4, 0.5) is 0 Å². The summed E-state index contributed by atoms with van der Waals surface area (Å²) in [4.78, 5) is 14.5. The molecular weight excluding hydrogens is 238 g/mol. The van der Waals surface area contributed by atoms with Gasteiger partial charge in [-0.05, 0) is 44.7 Å². The third-order valence-electron chi connectivity index (χ3n) is 4.03. The van der Waals surface area contributed by atoms with Crippen molar-refractivity contribution in [1.29, 1.82) is 0 Å². The second-order valence-corrected chi connectivity index (χ2v) is 5.74. The molecule has 1 fully saturated rings. The number of amides is 1. The number of aliphatic hydroxyl groups is 1. The summed E-state index contributed by atoms with van der Waals surface area (Å²) in [5.74, 6) is 0.422. The maximum atomic E-state index is 12.6. The molecule has 0 spiro atoms. The Morgan fingerprint density at radius 3 is 2.53 bits per heavy atom. The number of hydrogen-bond acceptors (Lipinski definition) is 2. The first-order chi connectivity index (χ1) is 9.02. The molecule has 1 heterocycles. The van der Waals surface area contributed by atoms with E-state index in [0.29, 0.717) is 5.92 Å². The lowest BCUT2D eigenvalue weighted by Gasteiger charge is -2.39. The quantitative estimate of drug-likeness (QED) is 0.888. The topological polar surface area (TPSA) is 40.5 Å². The summed E-state index contributed by atoms with van der Waals surface area (Å²) < 4.78 is 0. The molecule has 1 aromatic carbocycles. The van der Waals surface area contributed by atoms with Crippen LogP contribution in [0.3, 0.4) is 0 Å². The fraction of sp³-hybridized carbons (Fsp3) is 0.562. The van der Waals surface area contributed by atoms with Gasteiger partial charge in [-0.15, -0.1) is 0 Å². The minimum Gasteiger partial charge on any atom is -0.394 e. The van der Waals surface area contributed by atoms with Gasteiger partial charge in [0.2, 0.25) is 0 Å². The molecule has 1 aliphatic heterocycles. The Balaban J connectivity index is 2.26. The third kappa shape index (κ3) is 2.98. The first-order valence-electron chi connectivity index (χ1n) is 7.03. The molecule has 3 nitrogen and oxygen atoms in total. The second-order valence-electron chi connectivity index (χ2n) is 5.74. The van der Waals surface area contributed by atoms with Crippen molar-refractivity contribution >= 4 is 5.91 Å². The Labute approximate surface area is 115 Å². The predicted molar refractivity (Wildman–Crippen MR) is 76.2 cm³/mol. The van der Waals surface area contributed by atoms with E-state index < -0.39 is 0 Å². The Bertz CT molecular complexity index is 450. The number of aryl methyl sites for hydroxylation is 2. The molecule has 1 aliphatic rings. The van der Waals surface area contributed by atoms with Crippen molar-refractivity contribution in [3.63, 3.8) is 0 Å². The van der Waals surface area contributed by atoms with Crippen LogP contribution in [0.1, 0.15) is 41.3 Å². The Kier molecular flexibility index (Phi) is 4.25. The minimum atomic E-state index is -0.0398. The Morgan fingerprint density at radius 2 is 1.95 bits per heavy atom. The minimum absolute atomic E-state index is 0.0398. The molecule has 0 radical (unpaired) electrons. The van der Waals surface area contributed by atoms with Gasteiger partial charge in [-0.25, -0.2) is 0 Å². The van der Waals surface area contributed by atoms with E-state index in [-0.39, 0.29) is 18.6 Å². The number of carbonyl (C=O) groups is 1. The van der Waals surface area contributed by atoms with Gasteiger partial charge in [0.1, 0.15) is 0 Å². The largest absolute Gasteiger partial charge is 0.394 e. The van der Waals surface area contributed by atoms with Crippen LogP contribution in [0.15, 0.2) is 18.2 Å².